The summed E-state index contributed by atoms with van der Waals surface area (Å²) in [7, 11) is -1.56. The number of carboxylic acid groups (broad SMARTS) is 1. The lowest BCUT2D eigenvalue weighted by Gasteiger charge is -2.42. The van der Waals surface area contributed by atoms with Crippen molar-refractivity contribution < 1.29 is 39.7 Å². The van der Waals surface area contributed by atoms with Crippen molar-refractivity contribution >= 4 is 19.0 Å². The van der Waals surface area contributed by atoms with Crippen LogP contribution < -0.4 is 15.8 Å². The fourth-order valence-electron chi connectivity index (χ4n) is 3.33. The Hall–Kier alpha value is -2.38. The number of nitrogens with two attached hydrogens (primary N) is 1. The summed E-state index contributed by atoms with van der Waals surface area (Å²) in [6, 6.07) is 2.93. The van der Waals surface area contributed by atoms with Crippen molar-refractivity contribution in [3.05, 3.63) is 23.3 Å². The molecule has 0 radical (unpaired) electrons. The quantitative estimate of drug-likeness (QED) is 0.148. The lowest BCUT2D eigenvalue weighted by molar-refractivity contribution is -0.127. The predicted molar refractivity (Wildman–Crippen MR) is 112 cm³/mol. The first-order valence-electron chi connectivity index (χ1n) is 10.1. The number of hydrogen-bond donors (Lipinski definition) is 7. The highest BCUT2D eigenvalue weighted by Gasteiger charge is 2.37. The molecule has 1 aliphatic heterocycles. The maximum absolute atomic E-state index is 12.2. The molecule has 1 aliphatic rings. The molecule has 1 amide bonds. The molecule has 172 valence electrons. The van der Waals surface area contributed by atoms with Crippen LogP contribution in [0.25, 0.3) is 0 Å². The number of aliphatic hydroxyl groups excluding tert-OH is 1. The standard InChI is InChI=1S/C19H30BN3O8/c1-19(21,18(28)22-7-2-8-24)11-23-9-13(10-23)31-14-4-3-12(5-6-20(29)30)16(25)15(14)17(26)27/h3-4,13,24-25,29-30H,2,5-11,21H2,1H3,(H,22,28)(H,26,27)/t19-/m1/s1. The second-order valence-electron chi connectivity index (χ2n) is 7.96. The monoisotopic (exact) mass is 439 g/mol. The Kier molecular flexibility index (Phi) is 8.65. The third-order valence-electron chi connectivity index (χ3n) is 5.02. The molecule has 0 bridgehead atoms. The smallest absolute Gasteiger partial charge is 0.451 e. The summed E-state index contributed by atoms with van der Waals surface area (Å²) in [5, 5.41) is 49.2. The van der Waals surface area contributed by atoms with E-state index < -0.39 is 24.4 Å². The number of nitrogens with zero attached hydrogens (tertiary/aromatic N) is 1. The van der Waals surface area contributed by atoms with Gasteiger partial charge in [-0.1, -0.05) is 6.07 Å². The molecule has 0 saturated carbocycles. The molecule has 1 fully saturated rings. The summed E-state index contributed by atoms with van der Waals surface area (Å²) in [4.78, 5) is 25.7. The number of aryl methyl sites for hydroxylation is 1. The minimum Gasteiger partial charge on any atom is -0.507 e. The van der Waals surface area contributed by atoms with Crippen LogP contribution in [0.1, 0.15) is 29.3 Å². The number of aromatic hydroxyl groups is 1. The van der Waals surface area contributed by atoms with Gasteiger partial charge in [-0.15, -0.1) is 0 Å². The van der Waals surface area contributed by atoms with Crippen molar-refractivity contribution in [2.75, 3.05) is 32.8 Å². The van der Waals surface area contributed by atoms with Crippen molar-refractivity contribution in [1.29, 1.82) is 0 Å². The Labute approximate surface area is 180 Å². The fourth-order valence-corrected chi connectivity index (χ4v) is 3.33. The van der Waals surface area contributed by atoms with Crippen molar-refractivity contribution in [2.24, 2.45) is 5.73 Å². The number of carbonyl (C=O) groups excluding carboxylic acids is 1. The third kappa shape index (κ3) is 6.81. The van der Waals surface area contributed by atoms with Crippen LogP contribution >= 0.6 is 0 Å². The van der Waals surface area contributed by atoms with Gasteiger partial charge in [-0.05, 0) is 37.7 Å². The van der Waals surface area contributed by atoms with E-state index in [9.17, 15) is 19.8 Å². The normalized spacial score (nSPS) is 16.3. The summed E-state index contributed by atoms with van der Waals surface area (Å²) in [6.07, 6.45) is 0.155. The van der Waals surface area contributed by atoms with Gasteiger partial charge in [0, 0.05) is 32.8 Å². The molecule has 31 heavy (non-hydrogen) atoms. The highest BCUT2D eigenvalue weighted by molar-refractivity contribution is 6.41. The van der Waals surface area contributed by atoms with Crippen molar-refractivity contribution in [3.63, 3.8) is 0 Å². The Morgan fingerprint density at radius 3 is 2.61 bits per heavy atom. The molecule has 8 N–H and O–H groups in total. The number of ether oxygens (including phenoxy) is 1. The van der Waals surface area contributed by atoms with Crippen LogP contribution in [-0.2, 0) is 11.2 Å². The van der Waals surface area contributed by atoms with Crippen LogP contribution in [-0.4, -0.2) is 93.7 Å². The lowest BCUT2D eigenvalue weighted by atomic mass is 9.82. The largest absolute Gasteiger partial charge is 0.507 e. The average Bonchev–Trinajstić information content (AvgIpc) is 2.65. The van der Waals surface area contributed by atoms with Crippen molar-refractivity contribution in [2.45, 2.75) is 37.7 Å². The Morgan fingerprint density at radius 1 is 1.35 bits per heavy atom. The van der Waals surface area contributed by atoms with E-state index in [1.807, 2.05) is 4.90 Å². The Bertz CT molecular complexity index is 784. The van der Waals surface area contributed by atoms with Gasteiger partial charge in [-0.25, -0.2) is 4.79 Å². The van der Waals surface area contributed by atoms with Gasteiger partial charge in [-0.3, -0.25) is 9.69 Å². The molecule has 1 heterocycles. The first kappa shape index (κ1) is 24.9. The van der Waals surface area contributed by atoms with Gasteiger partial charge in [0.25, 0.3) is 0 Å². The molecule has 1 aromatic rings. The number of carboxylic acids is 1. The number of carbonyl (C=O) groups is 2. The zero-order chi connectivity index (χ0) is 23.2. The number of aliphatic hydroxyl groups is 1. The minimum atomic E-state index is -1.56. The molecule has 1 saturated heterocycles. The number of aromatic carboxylic acids is 1. The van der Waals surface area contributed by atoms with Gasteiger partial charge >= 0.3 is 13.1 Å². The first-order valence-corrected chi connectivity index (χ1v) is 10.1. The van der Waals surface area contributed by atoms with Crippen LogP contribution in [0.3, 0.4) is 0 Å². The fraction of sp³-hybridized carbons (Fsp3) is 0.579. The lowest BCUT2D eigenvalue weighted by Crippen LogP contribution is -2.64. The van der Waals surface area contributed by atoms with E-state index in [2.05, 4.69) is 5.32 Å². The van der Waals surface area contributed by atoms with Gasteiger partial charge in [-0.2, -0.15) is 0 Å². The topological polar surface area (TPSA) is 186 Å². The van der Waals surface area contributed by atoms with Crippen LogP contribution in [0.5, 0.6) is 11.5 Å². The molecule has 11 nitrogen and oxygen atoms in total. The van der Waals surface area contributed by atoms with E-state index in [0.29, 0.717) is 26.1 Å². The molecule has 12 heteroatoms. The van der Waals surface area contributed by atoms with Crippen molar-refractivity contribution in [3.8, 4) is 11.5 Å². The molecule has 0 aliphatic carbocycles. The summed E-state index contributed by atoms with van der Waals surface area (Å²) >= 11 is 0. The summed E-state index contributed by atoms with van der Waals surface area (Å²) in [5.41, 5.74) is 4.86. The second-order valence-corrected chi connectivity index (χ2v) is 7.96. The molecule has 1 aromatic carbocycles. The van der Waals surface area contributed by atoms with Crippen LogP contribution in [0.2, 0.25) is 6.32 Å². The van der Waals surface area contributed by atoms with Crippen LogP contribution in [0, 0.1) is 0 Å². The average molecular weight is 439 g/mol. The number of amides is 1. The number of rotatable bonds is 12. The Balaban J connectivity index is 1.94. The van der Waals surface area contributed by atoms with Crippen LogP contribution in [0.4, 0.5) is 0 Å². The molecule has 2 rings (SSSR count). The van der Waals surface area contributed by atoms with Gasteiger partial charge in [0.15, 0.2) is 0 Å². The number of phenols is 1. The molecular weight excluding hydrogens is 409 g/mol. The highest BCUT2D eigenvalue weighted by atomic mass is 16.5. The zero-order valence-electron chi connectivity index (χ0n) is 17.5. The van der Waals surface area contributed by atoms with Gasteiger partial charge < -0.3 is 41.2 Å². The van der Waals surface area contributed by atoms with Gasteiger partial charge in [0.1, 0.15) is 28.7 Å². The predicted octanol–water partition coefficient (Wildman–Crippen LogP) is -1.62. The zero-order valence-corrected chi connectivity index (χ0v) is 17.5. The van der Waals surface area contributed by atoms with E-state index in [-0.39, 0.29) is 54.8 Å². The molecule has 0 unspecified atom stereocenters. The number of likely N-dealkylation sites (tertiary alicyclic amines) is 1. The third-order valence-corrected chi connectivity index (χ3v) is 5.02. The van der Waals surface area contributed by atoms with Crippen LogP contribution in [0.15, 0.2) is 12.1 Å². The van der Waals surface area contributed by atoms with E-state index in [1.165, 1.54) is 12.1 Å². The molecule has 0 spiro atoms. The van der Waals surface area contributed by atoms with Gasteiger partial charge in [0.05, 0.1) is 0 Å². The highest BCUT2D eigenvalue weighted by Crippen LogP contribution is 2.34. The molecule has 1 atom stereocenters. The Morgan fingerprint density at radius 2 is 2.03 bits per heavy atom. The maximum Gasteiger partial charge on any atom is 0.451 e. The number of hydrogen-bond acceptors (Lipinski definition) is 9. The van der Waals surface area contributed by atoms with Crippen molar-refractivity contribution in [1.82, 2.24) is 10.2 Å². The number of nitrogens with one attached hydrogen (secondary N) is 1. The van der Waals surface area contributed by atoms with E-state index in [0.717, 1.165) is 0 Å². The number of benzene rings is 1. The van der Waals surface area contributed by atoms with E-state index >= 15 is 0 Å². The summed E-state index contributed by atoms with van der Waals surface area (Å²) < 4.78 is 5.74. The molecule has 0 aromatic heterocycles. The van der Waals surface area contributed by atoms with Gasteiger partial charge in [0.2, 0.25) is 5.91 Å². The summed E-state index contributed by atoms with van der Waals surface area (Å²) in [5.74, 6) is -2.13. The maximum atomic E-state index is 12.2. The minimum absolute atomic E-state index is 0.0141. The SMILES string of the molecule is C[C@@](N)(CN1CC(Oc2ccc(CCB(O)O)c(O)c2C(=O)O)C1)C(=O)NCCCO. The van der Waals surface area contributed by atoms with E-state index in [1.54, 1.807) is 6.92 Å². The molecular formula is C19H30BN3O8. The first-order chi connectivity index (χ1) is 14.5. The second kappa shape index (κ2) is 10.8. The van der Waals surface area contributed by atoms with E-state index in [4.69, 9.17) is 25.6 Å². The summed E-state index contributed by atoms with van der Waals surface area (Å²) in [6.45, 7) is 3.05.